The van der Waals surface area contributed by atoms with Gasteiger partial charge >= 0.3 is 0 Å². The van der Waals surface area contributed by atoms with Crippen LogP contribution < -0.4 is 37.6 Å². The molecule has 8 N–H and O–H groups in total. The molecule has 42 heavy (non-hydrogen) atoms. The molecule has 18 nitrogen and oxygen atoms in total. The van der Waals surface area contributed by atoms with Crippen LogP contribution in [0.4, 0.5) is 0 Å². The lowest BCUT2D eigenvalue weighted by molar-refractivity contribution is -0.135. The molecule has 0 radical (unpaired) electrons. The molecule has 1 rings (SSSR count). The Bertz CT molecular complexity index is 896. The summed E-state index contributed by atoms with van der Waals surface area (Å²) in [5, 5.41) is 19.3. The Morgan fingerprint density at radius 2 is 1.57 bits per heavy atom. The molecular weight excluding hydrogens is 554 g/mol. The Kier molecular flexibility index (Phi) is 20.0. The van der Waals surface area contributed by atoms with Gasteiger partial charge in [-0.3, -0.25) is 28.9 Å². The van der Waals surface area contributed by atoms with Gasteiger partial charge in [0.05, 0.1) is 39.3 Å². The quantitative estimate of drug-likeness (QED) is 0.0277. The van der Waals surface area contributed by atoms with Crippen LogP contribution in [-0.4, -0.2) is 138 Å². The summed E-state index contributed by atoms with van der Waals surface area (Å²) in [7, 11) is 0. The van der Waals surface area contributed by atoms with E-state index in [0.717, 1.165) is 13.1 Å². The molecule has 1 heterocycles. The van der Waals surface area contributed by atoms with Crippen LogP contribution >= 0.6 is 0 Å². The first-order valence-corrected chi connectivity index (χ1v) is 13.9. The lowest BCUT2D eigenvalue weighted by atomic mass is 10.1. The van der Waals surface area contributed by atoms with E-state index in [-0.39, 0.29) is 45.7 Å². The van der Waals surface area contributed by atoms with Gasteiger partial charge in [0.15, 0.2) is 0 Å². The number of ether oxygens (including phenoxy) is 2. The molecule has 238 valence electrons. The highest BCUT2D eigenvalue weighted by Crippen LogP contribution is 2.00. The third-order valence-electron chi connectivity index (χ3n) is 5.85. The number of nitrogens with zero attached hydrogens (tertiary/aromatic N) is 4. The maximum atomic E-state index is 13.1. The standard InChI is InChI=1S/C24H45N11O7/c1-18(36)32-20(17-21(37)28-5-4-27-3-2-25)24(40)33-19(23(39)30-7-12-41-13-8-31-34-26)16-22(38)29-6-9-35-10-14-42-15-11-35/h19-20,27H,2-17,25H2,1H3,(H,28,37)(H,29,38)(H,30,39)(H,32,36)(H,33,40)/t19-,20-/m0/s1. The summed E-state index contributed by atoms with van der Waals surface area (Å²) < 4.78 is 10.6. The van der Waals surface area contributed by atoms with Crippen molar-refractivity contribution in [2.45, 2.75) is 31.8 Å². The number of carbonyl (C=O) groups excluding carboxylic acids is 5. The second-order valence-corrected chi connectivity index (χ2v) is 9.27. The summed E-state index contributed by atoms with van der Waals surface area (Å²) in [5.41, 5.74) is 13.7. The van der Waals surface area contributed by atoms with Crippen LogP contribution in [0.2, 0.25) is 0 Å². The first-order chi connectivity index (χ1) is 20.3. The Labute approximate surface area is 245 Å². The number of hydrogen-bond acceptors (Lipinski definition) is 11. The van der Waals surface area contributed by atoms with E-state index < -0.39 is 41.6 Å². The molecule has 0 aromatic carbocycles. The molecule has 18 heteroatoms. The predicted molar refractivity (Wildman–Crippen MR) is 152 cm³/mol. The van der Waals surface area contributed by atoms with Crippen LogP contribution in [0.3, 0.4) is 0 Å². The molecule has 5 amide bonds. The van der Waals surface area contributed by atoms with Crippen LogP contribution in [0.1, 0.15) is 19.8 Å². The third kappa shape index (κ3) is 18.0. The van der Waals surface area contributed by atoms with E-state index in [9.17, 15) is 24.0 Å². The lowest BCUT2D eigenvalue weighted by Gasteiger charge is -2.26. The fraction of sp³-hybridized carbons (Fsp3) is 0.792. The topological polar surface area (TPSA) is 254 Å². The van der Waals surface area contributed by atoms with E-state index in [1.165, 1.54) is 6.92 Å². The van der Waals surface area contributed by atoms with Crippen LogP contribution in [0.5, 0.6) is 0 Å². The van der Waals surface area contributed by atoms with Crippen LogP contribution in [-0.2, 0) is 33.4 Å². The Hall–Kier alpha value is -3.54. The molecule has 0 aromatic heterocycles. The fourth-order valence-electron chi connectivity index (χ4n) is 3.77. The van der Waals surface area contributed by atoms with Crippen molar-refractivity contribution in [3.05, 3.63) is 10.4 Å². The molecule has 0 saturated carbocycles. The van der Waals surface area contributed by atoms with E-state index in [4.69, 9.17) is 20.7 Å². The summed E-state index contributed by atoms with van der Waals surface area (Å²) in [6.45, 7) is 7.15. The zero-order chi connectivity index (χ0) is 31.0. The number of azide groups is 1. The van der Waals surface area contributed by atoms with Crippen molar-refractivity contribution < 1.29 is 33.4 Å². The number of nitrogens with two attached hydrogens (primary N) is 1. The summed E-state index contributed by atoms with van der Waals surface area (Å²) >= 11 is 0. The van der Waals surface area contributed by atoms with Crippen molar-refractivity contribution in [1.29, 1.82) is 0 Å². The predicted octanol–water partition coefficient (Wildman–Crippen LogP) is -3.69. The van der Waals surface area contributed by atoms with Gasteiger partial charge in [0.25, 0.3) is 0 Å². The molecule has 2 atom stereocenters. The average Bonchev–Trinajstić information content (AvgIpc) is 2.96. The van der Waals surface area contributed by atoms with E-state index in [1.807, 2.05) is 0 Å². The minimum atomic E-state index is -1.29. The highest BCUT2D eigenvalue weighted by Gasteiger charge is 2.29. The lowest BCUT2D eigenvalue weighted by Crippen LogP contribution is -2.56. The smallest absolute Gasteiger partial charge is 0.243 e. The van der Waals surface area contributed by atoms with Gasteiger partial charge in [0.1, 0.15) is 12.1 Å². The van der Waals surface area contributed by atoms with Crippen molar-refractivity contribution >= 4 is 29.5 Å². The molecule has 1 aliphatic rings. The van der Waals surface area contributed by atoms with Gasteiger partial charge in [-0.2, -0.15) is 0 Å². The summed E-state index contributed by atoms with van der Waals surface area (Å²) in [6, 6.07) is -2.56. The monoisotopic (exact) mass is 599 g/mol. The van der Waals surface area contributed by atoms with Gasteiger partial charge in [-0.1, -0.05) is 5.11 Å². The number of carbonyl (C=O) groups is 5. The Morgan fingerprint density at radius 1 is 0.905 bits per heavy atom. The summed E-state index contributed by atoms with van der Waals surface area (Å²) in [4.78, 5) is 67.6. The number of morpholine rings is 1. The molecule has 1 fully saturated rings. The van der Waals surface area contributed by atoms with Crippen molar-refractivity contribution in [3.8, 4) is 0 Å². The van der Waals surface area contributed by atoms with Crippen LogP contribution in [0.25, 0.3) is 10.4 Å². The second kappa shape index (κ2) is 23.1. The van der Waals surface area contributed by atoms with Crippen LogP contribution in [0.15, 0.2) is 5.11 Å². The normalized spacial score (nSPS) is 14.5. The largest absolute Gasteiger partial charge is 0.379 e. The first kappa shape index (κ1) is 36.5. The summed E-state index contributed by atoms with van der Waals surface area (Å²) in [6.07, 6.45) is -0.744. The van der Waals surface area contributed by atoms with Gasteiger partial charge < -0.3 is 47.1 Å². The molecule has 1 aliphatic heterocycles. The van der Waals surface area contributed by atoms with E-state index >= 15 is 0 Å². The van der Waals surface area contributed by atoms with Gasteiger partial charge in [0, 0.05) is 77.3 Å². The Balaban J connectivity index is 2.75. The molecule has 0 spiro atoms. The maximum Gasteiger partial charge on any atom is 0.243 e. The van der Waals surface area contributed by atoms with Crippen molar-refractivity contribution in [2.24, 2.45) is 10.8 Å². The van der Waals surface area contributed by atoms with Crippen molar-refractivity contribution in [2.75, 3.05) is 91.9 Å². The first-order valence-electron chi connectivity index (χ1n) is 13.9. The van der Waals surface area contributed by atoms with Crippen LogP contribution in [0, 0.1) is 0 Å². The van der Waals surface area contributed by atoms with Gasteiger partial charge in [-0.05, 0) is 5.53 Å². The molecule has 0 aliphatic carbocycles. The maximum absolute atomic E-state index is 13.1. The van der Waals surface area contributed by atoms with E-state index in [0.29, 0.717) is 45.9 Å². The fourth-order valence-corrected chi connectivity index (χ4v) is 3.77. The van der Waals surface area contributed by atoms with Gasteiger partial charge in [0.2, 0.25) is 29.5 Å². The molecule has 0 aromatic rings. The van der Waals surface area contributed by atoms with Crippen molar-refractivity contribution in [1.82, 2.24) is 36.8 Å². The summed E-state index contributed by atoms with van der Waals surface area (Å²) in [5.74, 6) is -2.95. The minimum absolute atomic E-state index is 0.0653. The highest BCUT2D eigenvalue weighted by molar-refractivity contribution is 5.96. The van der Waals surface area contributed by atoms with Crippen molar-refractivity contribution in [3.63, 3.8) is 0 Å². The third-order valence-corrected chi connectivity index (χ3v) is 5.85. The average molecular weight is 600 g/mol. The van der Waals surface area contributed by atoms with E-state index in [1.54, 1.807) is 0 Å². The Morgan fingerprint density at radius 3 is 2.21 bits per heavy atom. The zero-order valence-electron chi connectivity index (χ0n) is 24.2. The minimum Gasteiger partial charge on any atom is -0.379 e. The SMILES string of the molecule is CC(=O)N[C@@H](CC(=O)NCCNCCN)C(=O)N[C@@H](CC(=O)NCCN1CCOCC1)C(=O)NCCOCCN=[N+]=[N-]. The number of hydrogen-bond donors (Lipinski definition) is 7. The number of amides is 5. The number of rotatable bonds is 22. The van der Waals surface area contributed by atoms with E-state index in [2.05, 4.69) is 46.8 Å². The van der Waals surface area contributed by atoms with Gasteiger partial charge in [-0.15, -0.1) is 0 Å². The molecule has 0 unspecified atom stereocenters. The zero-order valence-corrected chi connectivity index (χ0v) is 24.2. The highest BCUT2D eigenvalue weighted by atomic mass is 16.5. The molecule has 1 saturated heterocycles. The molecular formula is C24H45N11O7. The number of nitrogens with one attached hydrogen (secondary N) is 6. The second-order valence-electron chi connectivity index (χ2n) is 9.27. The van der Waals surface area contributed by atoms with Gasteiger partial charge in [-0.25, -0.2) is 0 Å². The molecule has 0 bridgehead atoms.